The molecule has 0 radical (unpaired) electrons. The maximum Gasteiger partial charge on any atom is 0.338 e. The zero-order valence-corrected chi connectivity index (χ0v) is 11.1. The SMILES string of the molecule is CC(C)OC(=O)c1cc(N)c(O)c(N)c1.Cl.Cl. The van der Waals surface area contributed by atoms with Crippen LogP contribution in [0.5, 0.6) is 5.75 Å². The lowest BCUT2D eigenvalue weighted by Crippen LogP contribution is -2.12. The van der Waals surface area contributed by atoms with Crippen molar-refractivity contribution in [3.05, 3.63) is 17.7 Å². The topological polar surface area (TPSA) is 98.6 Å². The van der Waals surface area contributed by atoms with E-state index in [0.717, 1.165) is 0 Å². The fourth-order valence-corrected chi connectivity index (χ4v) is 1.08. The number of esters is 1. The lowest BCUT2D eigenvalue weighted by atomic mass is 10.1. The van der Waals surface area contributed by atoms with Crippen LogP contribution in [0.1, 0.15) is 24.2 Å². The molecule has 1 aromatic rings. The first-order valence-electron chi connectivity index (χ1n) is 4.50. The highest BCUT2D eigenvalue weighted by Gasteiger charge is 2.13. The van der Waals surface area contributed by atoms with Gasteiger partial charge in [-0.15, -0.1) is 24.8 Å². The second-order valence-electron chi connectivity index (χ2n) is 3.46. The summed E-state index contributed by atoms with van der Waals surface area (Å²) in [7, 11) is 0. The molecule has 0 bridgehead atoms. The van der Waals surface area contributed by atoms with Gasteiger partial charge in [-0.2, -0.15) is 0 Å². The molecule has 7 heteroatoms. The number of nitrogen functional groups attached to an aromatic ring is 2. The van der Waals surface area contributed by atoms with Gasteiger partial charge in [0.2, 0.25) is 0 Å². The summed E-state index contributed by atoms with van der Waals surface area (Å²) >= 11 is 0. The van der Waals surface area contributed by atoms with Crippen molar-refractivity contribution in [1.82, 2.24) is 0 Å². The third-order valence-electron chi connectivity index (χ3n) is 1.75. The van der Waals surface area contributed by atoms with E-state index >= 15 is 0 Å². The first-order chi connectivity index (χ1) is 6.91. The summed E-state index contributed by atoms with van der Waals surface area (Å²) in [6.45, 7) is 3.48. The molecule has 0 fully saturated rings. The van der Waals surface area contributed by atoms with E-state index < -0.39 is 5.97 Å². The first-order valence-corrected chi connectivity index (χ1v) is 4.50. The predicted octanol–water partition coefficient (Wildman–Crippen LogP) is 1.97. The Morgan fingerprint density at radius 2 is 1.65 bits per heavy atom. The Hall–Kier alpha value is -1.33. The Morgan fingerprint density at radius 3 is 2.00 bits per heavy atom. The summed E-state index contributed by atoms with van der Waals surface area (Å²) < 4.78 is 4.95. The van der Waals surface area contributed by atoms with E-state index in [1.54, 1.807) is 13.8 Å². The number of nitrogens with two attached hydrogens (primary N) is 2. The molecule has 0 amide bonds. The zero-order chi connectivity index (χ0) is 11.6. The minimum Gasteiger partial charge on any atom is -0.504 e. The van der Waals surface area contributed by atoms with Gasteiger partial charge in [-0.3, -0.25) is 0 Å². The minimum atomic E-state index is -0.511. The summed E-state index contributed by atoms with van der Waals surface area (Å²) in [6.07, 6.45) is -0.214. The first kappa shape index (κ1) is 18.0. The molecule has 98 valence electrons. The van der Waals surface area contributed by atoms with E-state index in [0.29, 0.717) is 0 Å². The Balaban J connectivity index is 0. The van der Waals surface area contributed by atoms with Crippen LogP contribution in [0.15, 0.2) is 12.1 Å². The second kappa shape index (κ2) is 7.09. The molecule has 0 saturated carbocycles. The van der Waals surface area contributed by atoms with Crippen LogP contribution in [0.25, 0.3) is 0 Å². The van der Waals surface area contributed by atoms with E-state index in [2.05, 4.69) is 0 Å². The van der Waals surface area contributed by atoms with Crippen LogP contribution in [0.3, 0.4) is 0 Å². The van der Waals surface area contributed by atoms with Crippen molar-refractivity contribution in [3.63, 3.8) is 0 Å². The Kier molecular flexibility index (Phi) is 7.52. The Bertz CT molecular complexity index is 374. The molecule has 5 nitrogen and oxygen atoms in total. The lowest BCUT2D eigenvalue weighted by molar-refractivity contribution is 0.0378. The number of hydrogen-bond donors (Lipinski definition) is 3. The minimum absolute atomic E-state index is 0. The Morgan fingerprint density at radius 1 is 1.24 bits per heavy atom. The summed E-state index contributed by atoms with van der Waals surface area (Å²) in [5, 5.41) is 9.29. The van der Waals surface area contributed by atoms with Crippen molar-refractivity contribution >= 4 is 42.2 Å². The fourth-order valence-electron chi connectivity index (χ4n) is 1.08. The summed E-state index contributed by atoms with van der Waals surface area (Å²) in [4.78, 5) is 11.5. The number of phenolic OH excluding ortho intramolecular Hbond substituents is 1. The largest absolute Gasteiger partial charge is 0.504 e. The summed E-state index contributed by atoms with van der Waals surface area (Å²) in [5.41, 5.74) is 11.3. The number of hydrogen-bond acceptors (Lipinski definition) is 5. The average Bonchev–Trinajstić information content (AvgIpc) is 2.12. The molecule has 0 aliphatic rings. The molecule has 0 unspecified atom stereocenters. The highest BCUT2D eigenvalue weighted by Crippen LogP contribution is 2.29. The van der Waals surface area contributed by atoms with E-state index in [1.807, 2.05) is 0 Å². The molecule has 17 heavy (non-hydrogen) atoms. The van der Waals surface area contributed by atoms with Crippen molar-refractivity contribution in [3.8, 4) is 5.75 Å². The molecule has 0 aliphatic carbocycles. The lowest BCUT2D eigenvalue weighted by Gasteiger charge is -2.10. The molecule has 0 heterocycles. The van der Waals surface area contributed by atoms with E-state index in [4.69, 9.17) is 16.2 Å². The molecule has 0 aliphatic heterocycles. The van der Waals surface area contributed by atoms with Crippen LogP contribution in [-0.2, 0) is 4.74 Å². The number of benzene rings is 1. The van der Waals surface area contributed by atoms with Crippen molar-refractivity contribution in [2.24, 2.45) is 0 Å². The number of halogens is 2. The fraction of sp³-hybridized carbons (Fsp3) is 0.300. The van der Waals surface area contributed by atoms with Gasteiger partial charge < -0.3 is 21.3 Å². The highest BCUT2D eigenvalue weighted by molar-refractivity contribution is 5.93. The monoisotopic (exact) mass is 282 g/mol. The van der Waals surface area contributed by atoms with Gasteiger partial charge >= 0.3 is 5.97 Å². The number of anilines is 2. The van der Waals surface area contributed by atoms with Crippen LogP contribution < -0.4 is 11.5 Å². The molecular formula is C10H16Cl2N2O3. The predicted molar refractivity (Wildman–Crippen MR) is 72.0 cm³/mol. The molecule has 0 saturated heterocycles. The van der Waals surface area contributed by atoms with Gasteiger partial charge in [-0.25, -0.2) is 4.79 Å². The van der Waals surface area contributed by atoms with Crippen LogP contribution >= 0.6 is 24.8 Å². The molecular weight excluding hydrogens is 267 g/mol. The van der Waals surface area contributed by atoms with Gasteiger partial charge in [0, 0.05) is 0 Å². The number of carbonyl (C=O) groups excluding carboxylic acids is 1. The normalized spacial score (nSPS) is 9.12. The number of phenols is 1. The molecule has 1 rings (SSSR count). The summed E-state index contributed by atoms with van der Waals surface area (Å²) in [5.74, 6) is -0.723. The van der Waals surface area contributed by atoms with Gasteiger partial charge in [-0.05, 0) is 26.0 Å². The number of carbonyl (C=O) groups is 1. The van der Waals surface area contributed by atoms with Crippen molar-refractivity contribution in [1.29, 1.82) is 0 Å². The smallest absolute Gasteiger partial charge is 0.338 e. The van der Waals surface area contributed by atoms with Gasteiger partial charge in [0.1, 0.15) is 0 Å². The van der Waals surface area contributed by atoms with Gasteiger partial charge in [0.05, 0.1) is 23.0 Å². The van der Waals surface area contributed by atoms with E-state index in [-0.39, 0.29) is 53.6 Å². The molecule has 0 spiro atoms. The van der Waals surface area contributed by atoms with Crippen LogP contribution in [0.4, 0.5) is 11.4 Å². The van der Waals surface area contributed by atoms with Crippen molar-refractivity contribution in [2.45, 2.75) is 20.0 Å². The Labute approximate surface area is 112 Å². The van der Waals surface area contributed by atoms with Crippen LogP contribution in [0, 0.1) is 0 Å². The third-order valence-corrected chi connectivity index (χ3v) is 1.75. The maximum absolute atomic E-state index is 11.5. The third kappa shape index (κ3) is 4.58. The number of rotatable bonds is 2. The van der Waals surface area contributed by atoms with Crippen molar-refractivity contribution in [2.75, 3.05) is 11.5 Å². The number of ether oxygens (including phenoxy) is 1. The van der Waals surface area contributed by atoms with Crippen LogP contribution in [-0.4, -0.2) is 17.2 Å². The number of aromatic hydroxyl groups is 1. The summed E-state index contributed by atoms with van der Waals surface area (Å²) in [6, 6.07) is 2.66. The van der Waals surface area contributed by atoms with Crippen molar-refractivity contribution < 1.29 is 14.6 Å². The average molecular weight is 283 g/mol. The quantitative estimate of drug-likeness (QED) is 0.438. The highest BCUT2D eigenvalue weighted by atomic mass is 35.5. The van der Waals surface area contributed by atoms with E-state index in [9.17, 15) is 9.90 Å². The van der Waals surface area contributed by atoms with Gasteiger partial charge in [0.15, 0.2) is 5.75 Å². The van der Waals surface area contributed by atoms with Gasteiger partial charge in [0.25, 0.3) is 0 Å². The maximum atomic E-state index is 11.5. The molecule has 1 aromatic carbocycles. The molecule has 5 N–H and O–H groups in total. The zero-order valence-electron chi connectivity index (χ0n) is 9.47. The van der Waals surface area contributed by atoms with Gasteiger partial charge in [-0.1, -0.05) is 0 Å². The van der Waals surface area contributed by atoms with Crippen LogP contribution in [0.2, 0.25) is 0 Å². The van der Waals surface area contributed by atoms with E-state index in [1.165, 1.54) is 12.1 Å². The second-order valence-corrected chi connectivity index (χ2v) is 3.46. The standard InChI is InChI=1S/C10H14N2O3.2ClH/c1-5(2)15-10(14)6-3-7(11)9(13)8(12)4-6;;/h3-5,13H,11-12H2,1-2H3;2*1H. The molecule has 0 atom stereocenters. The molecule has 0 aromatic heterocycles.